The predicted molar refractivity (Wildman–Crippen MR) is 123 cm³/mol. The van der Waals surface area contributed by atoms with Gasteiger partial charge >= 0.3 is 0 Å². The molecule has 0 unspecified atom stereocenters. The highest BCUT2D eigenvalue weighted by Gasteiger charge is 2.27. The maximum Gasteiger partial charge on any atom is 0.277 e. The topological polar surface area (TPSA) is 127 Å². The molecular weight excluding hydrogens is 420 g/mol. The Balaban J connectivity index is 1.51. The largest absolute Gasteiger partial charge is 0.380 e. The number of aryl methyl sites for hydroxylation is 2. The summed E-state index contributed by atoms with van der Waals surface area (Å²) in [5, 5.41) is 17.3. The average Bonchev–Trinajstić information content (AvgIpc) is 3.25. The van der Waals surface area contributed by atoms with Crippen LogP contribution >= 0.6 is 0 Å². The van der Waals surface area contributed by atoms with E-state index in [9.17, 15) is 4.79 Å². The smallest absolute Gasteiger partial charge is 0.277 e. The van der Waals surface area contributed by atoms with E-state index in [0.29, 0.717) is 37.0 Å². The Morgan fingerprint density at radius 1 is 1.15 bits per heavy atom. The van der Waals surface area contributed by atoms with Crippen molar-refractivity contribution in [1.29, 1.82) is 0 Å². The molecule has 4 aromatic rings. The molecule has 1 saturated heterocycles. The molecule has 0 bridgehead atoms. The number of nitrogens with zero attached hydrogens (tertiary/aromatic N) is 7. The zero-order valence-corrected chi connectivity index (χ0v) is 18.9. The Bertz CT molecular complexity index is 1380. The number of aromatic nitrogens is 7. The van der Waals surface area contributed by atoms with Crippen LogP contribution in [0.3, 0.4) is 0 Å². The third kappa shape index (κ3) is 3.91. The Morgan fingerprint density at radius 3 is 2.70 bits per heavy atom. The van der Waals surface area contributed by atoms with Crippen LogP contribution in [0.15, 0.2) is 35.4 Å². The van der Waals surface area contributed by atoms with Crippen LogP contribution in [0, 0.1) is 13.8 Å². The van der Waals surface area contributed by atoms with E-state index in [4.69, 9.17) is 10.5 Å². The van der Waals surface area contributed by atoms with Crippen molar-refractivity contribution in [2.24, 2.45) is 12.8 Å². The summed E-state index contributed by atoms with van der Waals surface area (Å²) in [6.45, 7) is 5.00. The number of nitrogens with two attached hydrogens (primary N) is 1. The summed E-state index contributed by atoms with van der Waals surface area (Å²) < 4.78 is 8.50. The number of ether oxygens (including phenoxy) is 1. The molecule has 5 rings (SSSR count). The minimum Gasteiger partial charge on any atom is -0.380 e. The van der Waals surface area contributed by atoms with Crippen LogP contribution in [-0.4, -0.2) is 54.2 Å². The van der Waals surface area contributed by atoms with Crippen LogP contribution in [0.4, 0.5) is 0 Å². The van der Waals surface area contributed by atoms with Gasteiger partial charge in [-0.2, -0.15) is 0 Å². The molecule has 33 heavy (non-hydrogen) atoms. The molecule has 0 amide bonds. The van der Waals surface area contributed by atoms with E-state index in [1.807, 2.05) is 51.5 Å². The van der Waals surface area contributed by atoms with Crippen LogP contribution in [0.25, 0.3) is 22.3 Å². The summed E-state index contributed by atoms with van der Waals surface area (Å²) in [5.41, 5.74) is 12.3. The Morgan fingerprint density at radius 2 is 2.00 bits per heavy atom. The molecule has 0 spiro atoms. The first kappa shape index (κ1) is 21.4. The standard InChI is InChI=1S/C23H26N8O2/c1-13-14(2)22-17(23(32)31(29-27-22)21-6-7-33-12-18(21)24)9-16(13)8-15-4-5-19(25-10-15)20-11-30(3)28-26-20/h4-5,9-11,18,21H,6-8,12,24H2,1-3H3/t18-,21-/m0/s1. The van der Waals surface area contributed by atoms with Crippen molar-refractivity contribution in [3.8, 4) is 11.4 Å². The molecule has 1 aliphatic rings. The van der Waals surface area contributed by atoms with Gasteiger partial charge < -0.3 is 10.5 Å². The van der Waals surface area contributed by atoms with Crippen molar-refractivity contribution in [3.05, 3.63) is 63.2 Å². The van der Waals surface area contributed by atoms with Gasteiger partial charge in [-0.05, 0) is 61.1 Å². The Kier molecular flexibility index (Phi) is 5.47. The molecule has 1 aromatic carbocycles. The molecule has 1 aliphatic heterocycles. The zero-order chi connectivity index (χ0) is 23.1. The van der Waals surface area contributed by atoms with Crippen molar-refractivity contribution < 1.29 is 4.74 Å². The van der Waals surface area contributed by atoms with Gasteiger partial charge in [0.25, 0.3) is 5.56 Å². The summed E-state index contributed by atoms with van der Waals surface area (Å²) >= 11 is 0. The minimum atomic E-state index is -0.284. The summed E-state index contributed by atoms with van der Waals surface area (Å²) in [4.78, 5) is 17.9. The summed E-state index contributed by atoms with van der Waals surface area (Å²) in [5.74, 6) is 0. The van der Waals surface area contributed by atoms with E-state index in [-0.39, 0.29) is 17.6 Å². The molecule has 1 fully saturated rings. The minimum absolute atomic E-state index is 0.164. The van der Waals surface area contributed by atoms with Gasteiger partial charge in [0.1, 0.15) is 11.2 Å². The molecule has 0 radical (unpaired) electrons. The molecule has 4 heterocycles. The van der Waals surface area contributed by atoms with Gasteiger partial charge in [0.15, 0.2) is 0 Å². The quantitative estimate of drug-likeness (QED) is 0.499. The second kappa shape index (κ2) is 8.45. The number of fused-ring (bicyclic) bond motifs is 1. The molecule has 0 saturated carbocycles. The van der Waals surface area contributed by atoms with Gasteiger partial charge in [-0.25, -0.2) is 4.68 Å². The average molecular weight is 447 g/mol. The zero-order valence-electron chi connectivity index (χ0n) is 18.9. The highest BCUT2D eigenvalue weighted by atomic mass is 16.5. The normalized spacial score (nSPS) is 18.7. The highest BCUT2D eigenvalue weighted by Crippen LogP contribution is 2.25. The number of rotatable bonds is 4. The predicted octanol–water partition coefficient (Wildman–Crippen LogP) is 1.48. The molecule has 10 nitrogen and oxygen atoms in total. The van der Waals surface area contributed by atoms with E-state index >= 15 is 0 Å². The van der Waals surface area contributed by atoms with Gasteiger partial charge in [0.05, 0.1) is 36.0 Å². The van der Waals surface area contributed by atoms with Gasteiger partial charge in [-0.15, -0.1) is 10.2 Å². The second-order valence-electron chi connectivity index (χ2n) is 8.62. The molecule has 3 aromatic heterocycles. The molecule has 2 N–H and O–H groups in total. The lowest BCUT2D eigenvalue weighted by molar-refractivity contribution is 0.0471. The van der Waals surface area contributed by atoms with Crippen LogP contribution in [0.1, 0.15) is 34.7 Å². The van der Waals surface area contributed by atoms with Crippen LogP contribution < -0.4 is 11.3 Å². The summed E-state index contributed by atoms with van der Waals surface area (Å²) in [6.07, 6.45) is 4.96. The monoisotopic (exact) mass is 446 g/mol. The first-order chi connectivity index (χ1) is 15.9. The first-order valence-electron chi connectivity index (χ1n) is 11.0. The van der Waals surface area contributed by atoms with Crippen molar-refractivity contribution in [3.63, 3.8) is 0 Å². The maximum absolute atomic E-state index is 13.4. The van der Waals surface area contributed by atoms with Crippen LogP contribution in [0.2, 0.25) is 0 Å². The Labute approximate surface area is 190 Å². The lowest BCUT2D eigenvalue weighted by atomic mass is 9.95. The summed E-state index contributed by atoms with van der Waals surface area (Å²) in [6, 6.07) is 5.40. The number of benzene rings is 1. The van der Waals surface area contributed by atoms with E-state index in [1.165, 1.54) is 4.68 Å². The van der Waals surface area contributed by atoms with Gasteiger partial charge in [0, 0.05) is 19.9 Å². The highest BCUT2D eigenvalue weighted by molar-refractivity contribution is 5.82. The number of hydrogen-bond acceptors (Lipinski definition) is 8. The van der Waals surface area contributed by atoms with Crippen molar-refractivity contribution in [2.75, 3.05) is 13.2 Å². The third-order valence-corrected chi connectivity index (χ3v) is 6.41. The fourth-order valence-electron chi connectivity index (χ4n) is 4.34. The fourth-order valence-corrected chi connectivity index (χ4v) is 4.34. The van der Waals surface area contributed by atoms with Crippen molar-refractivity contribution in [2.45, 2.75) is 38.8 Å². The third-order valence-electron chi connectivity index (χ3n) is 6.41. The van der Waals surface area contributed by atoms with Gasteiger partial charge in [-0.1, -0.05) is 16.5 Å². The van der Waals surface area contributed by atoms with E-state index in [0.717, 1.165) is 33.6 Å². The lowest BCUT2D eigenvalue weighted by Crippen LogP contribution is -2.45. The Hall–Kier alpha value is -3.50. The SMILES string of the molecule is Cc1c(Cc2ccc(-c3cn(C)nn3)nc2)cc2c(=O)n([C@H]3CCOC[C@@H]3N)nnc2c1C. The molecule has 170 valence electrons. The lowest BCUT2D eigenvalue weighted by Gasteiger charge is -2.28. The van der Waals surface area contributed by atoms with Gasteiger partial charge in [-0.3, -0.25) is 14.5 Å². The van der Waals surface area contributed by atoms with Gasteiger partial charge in [0.2, 0.25) is 0 Å². The van der Waals surface area contributed by atoms with E-state index < -0.39 is 0 Å². The molecular formula is C23H26N8O2. The number of pyridine rings is 1. The molecule has 2 atom stereocenters. The second-order valence-corrected chi connectivity index (χ2v) is 8.62. The first-order valence-corrected chi connectivity index (χ1v) is 11.0. The van der Waals surface area contributed by atoms with E-state index in [2.05, 4.69) is 25.6 Å². The maximum atomic E-state index is 13.4. The van der Waals surface area contributed by atoms with Crippen LogP contribution in [0.5, 0.6) is 0 Å². The number of hydrogen-bond donors (Lipinski definition) is 1. The molecule has 10 heteroatoms. The van der Waals surface area contributed by atoms with Crippen molar-refractivity contribution >= 4 is 10.9 Å². The van der Waals surface area contributed by atoms with E-state index in [1.54, 1.807) is 4.68 Å². The van der Waals surface area contributed by atoms with Crippen LogP contribution in [-0.2, 0) is 18.2 Å². The fraction of sp³-hybridized carbons (Fsp3) is 0.391. The van der Waals surface area contributed by atoms with Crippen molar-refractivity contribution in [1.82, 2.24) is 35.0 Å². The molecule has 0 aliphatic carbocycles. The summed E-state index contributed by atoms with van der Waals surface area (Å²) in [7, 11) is 1.82.